The zero-order chi connectivity index (χ0) is 22.9. The second-order valence-corrected chi connectivity index (χ2v) is 9.36. The zero-order valence-corrected chi connectivity index (χ0v) is 18.9. The Labute approximate surface area is 195 Å². The van der Waals surface area contributed by atoms with Crippen LogP contribution in [0, 0.1) is 5.82 Å². The Morgan fingerprint density at radius 2 is 1.79 bits per heavy atom. The molecule has 0 radical (unpaired) electrons. The van der Waals surface area contributed by atoms with Crippen molar-refractivity contribution in [3.8, 4) is 0 Å². The number of anilines is 1. The normalized spacial score (nSPS) is 20.4. The van der Waals surface area contributed by atoms with Crippen LogP contribution < -0.4 is 10.6 Å². The van der Waals surface area contributed by atoms with E-state index in [1.807, 2.05) is 42.6 Å². The Balaban J connectivity index is 1.54. The van der Waals surface area contributed by atoms with Gasteiger partial charge in [0.15, 0.2) is 5.78 Å². The number of carbonyl (C=O) groups is 2. The number of hydrogen-bond donors (Lipinski definition) is 2. The predicted octanol–water partition coefficient (Wildman–Crippen LogP) is 5.89. The molecule has 4 nitrogen and oxygen atoms in total. The average Bonchev–Trinajstić information content (AvgIpc) is 3.35. The first-order chi connectivity index (χ1) is 16.0. The molecule has 0 spiro atoms. The summed E-state index contributed by atoms with van der Waals surface area (Å²) < 4.78 is 14.2. The number of thiophene rings is 1. The molecule has 6 heteroatoms. The number of dihydropyridines is 1. The summed E-state index contributed by atoms with van der Waals surface area (Å²) in [7, 11) is 0. The second-order valence-electron chi connectivity index (χ2n) is 8.38. The Hall–Kier alpha value is -3.51. The minimum atomic E-state index is -0.500. The Morgan fingerprint density at radius 1 is 1.03 bits per heavy atom. The van der Waals surface area contributed by atoms with Gasteiger partial charge in [-0.15, -0.1) is 11.3 Å². The fourth-order valence-corrected chi connectivity index (χ4v) is 5.64. The van der Waals surface area contributed by atoms with Crippen LogP contribution in [0.3, 0.4) is 0 Å². The van der Waals surface area contributed by atoms with E-state index in [2.05, 4.69) is 22.8 Å². The number of hydrogen-bond acceptors (Lipinski definition) is 4. The fourth-order valence-electron chi connectivity index (χ4n) is 4.79. The summed E-state index contributed by atoms with van der Waals surface area (Å²) in [6.07, 6.45) is 1.10. The smallest absolute Gasteiger partial charge is 0.254 e. The van der Waals surface area contributed by atoms with E-state index in [0.717, 1.165) is 16.1 Å². The van der Waals surface area contributed by atoms with Crippen LogP contribution in [0.2, 0.25) is 0 Å². The third kappa shape index (κ3) is 4.02. The zero-order valence-electron chi connectivity index (χ0n) is 18.1. The van der Waals surface area contributed by atoms with Gasteiger partial charge < -0.3 is 10.6 Å². The monoisotopic (exact) mass is 458 g/mol. The molecular weight excluding hydrogens is 435 g/mol. The van der Waals surface area contributed by atoms with E-state index in [9.17, 15) is 14.0 Å². The molecule has 33 heavy (non-hydrogen) atoms. The Morgan fingerprint density at radius 3 is 2.52 bits per heavy atom. The van der Waals surface area contributed by atoms with Gasteiger partial charge in [-0.25, -0.2) is 4.39 Å². The minimum absolute atomic E-state index is 0.0414. The number of para-hydroxylation sites is 1. The van der Waals surface area contributed by atoms with Crippen LogP contribution in [-0.4, -0.2) is 11.7 Å². The summed E-state index contributed by atoms with van der Waals surface area (Å²) in [6.45, 7) is 1.84. The lowest BCUT2D eigenvalue weighted by Gasteiger charge is -2.36. The van der Waals surface area contributed by atoms with Gasteiger partial charge in [-0.1, -0.05) is 48.5 Å². The molecular formula is C27H23FN2O2S. The van der Waals surface area contributed by atoms with Crippen molar-refractivity contribution in [3.05, 3.63) is 111 Å². The number of carbonyl (C=O) groups excluding carboxylic acids is 2. The van der Waals surface area contributed by atoms with Crippen LogP contribution in [0.4, 0.5) is 10.1 Å². The first-order valence-corrected chi connectivity index (χ1v) is 11.8. The summed E-state index contributed by atoms with van der Waals surface area (Å²) in [6, 6.07) is 20.0. The molecule has 1 aliphatic heterocycles. The van der Waals surface area contributed by atoms with Crippen LogP contribution in [0.25, 0.3) is 0 Å². The number of halogens is 1. The quantitative estimate of drug-likeness (QED) is 0.513. The molecule has 1 aromatic heterocycles. The molecule has 0 fully saturated rings. The van der Waals surface area contributed by atoms with Crippen molar-refractivity contribution in [2.75, 3.05) is 5.32 Å². The molecule has 166 valence electrons. The maximum absolute atomic E-state index is 14.2. The van der Waals surface area contributed by atoms with Gasteiger partial charge in [-0.05, 0) is 48.4 Å². The maximum Gasteiger partial charge on any atom is 0.254 e. The Bertz CT molecular complexity index is 1280. The molecule has 1 amide bonds. The molecule has 1 aliphatic carbocycles. The summed E-state index contributed by atoms with van der Waals surface area (Å²) >= 11 is 1.51. The molecule has 2 N–H and O–H groups in total. The number of nitrogens with one attached hydrogen (secondary N) is 2. The lowest BCUT2D eigenvalue weighted by atomic mass is 9.73. The SMILES string of the molecule is CC1=C(C(=O)Nc2ccccc2F)[C@H](c2cccs2)C2=C(C[C@H](c3ccccc3)CC2=O)N1. The van der Waals surface area contributed by atoms with Crippen LogP contribution in [0.15, 0.2) is 94.7 Å². The van der Waals surface area contributed by atoms with Crippen LogP contribution in [0.1, 0.15) is 42.0 Å². The molecule has 2 aliphatic rings. The number of ketones is 1. The summed E-state index contributed by atoms with van der Waals surface area (Å²) in [5.74, 6) is -1.25. The van der Waals surface area contributed by atoms with Gasteiger partial charge in [-0.2, -0.15) is 0 Å². The highest BCUT2D eigenvalue weighted by molar-refractivity contribution is 7.10. The van der Waals surface area contributed by atoms with Crippen molar-refractivity contribution >= 4 is 28.7 Å². The van der Waals surface area contributed by atoms with Crippen molar-refractivity contribution in [1.29, 1.82) is 0 Å². The summed E-state index contributed by atoms with van der Waals surface area (Å²) in [5.41, 5.74) is 3.91. The van der Waals surface area contributed by atoms with Crippen LogP contribution in [0.5, 0.6) is 0 Å². The van der Waals surface area contributed by atoms with Gasteiger partial charge >= 0.3 is 0 Å². The van der Waals surface area contributed by atoms with Gasteiger partial charge in [0.2, 0.25) is 0 Å². The van der Waals surface area contributed by atoms with Gasteiger partial charge in [-0.3, -0.25) is 9.59 Å². The molecule has 5 rings (SSSR count). The molecule has 2 heterocycles. The highest BCUT2D eigenvalue weighted by Crippen LogP contribution is 2.46. The van der Waals surface area contributed by atoms with E-state index in [-0.39, 0.29) is 17.4 Å². The van der Waals surface area contributed by atoms with Crippen molar-refractivity contribution in [2.24, 2.45) is 0 Å². The average molecular weight is 459 g/mol. The first-order valence-electron chi connectivity index (χ1n) is 10.9. The second kappa shape index (κ2) is 8.79. The Kier molecular flexibility index (Phi) is 5.68. The lowest BCUT2D eigenvalue weighted by molar-refractivity contribution is -0.116. The molecule has 0 saturated heterocycles. The number of benzene rings is 2. The third-order valence-electron chi connectivity index (χ3n) is 6.29. The third-order valence-corrected chi connectivity index (χ3v) is 7.23. The molecule has 2 atom stereocenters. The van der Waals surface area contributed by atoms with Gasteiger partial charge in [0, 0.05) is 33.8 Å². The van der Waals surface area contributed by atoms with Crippen molar-refractivity contribution in [1.82, 2.24) is 5.32 Å². The maximum atomic E-state index is 14.2. The van der Waals surface area contributed by atoms with Crippen molar-refractivity contribution < 1.29 is 14.0 Å². The fraction of sp³-hybridized carbons (Fsp3) is 0.185. The summed E-state index contributed by atoms with van der Waals surface area (Å²) in [5, 5.41) is 8.01. The molecule has 3 aromatic rings. The van der Waals surface area contributed by atoms with E-state index < -0.39 is 17.6 Å². The van der Waals surface area contributed by atoms with Crippen LogP contribution >= 0.6 is 11.3 Å². The highest BCUT2D eigenvalue weighted by atomic mass is 32.1. The summed E-state index contributed by atoms with van der Waals surface area (Å²) in [4.78, 5) is 27.8. The minimum Gasteiger partial charge on any atom is -0.362 e. The van der Waals surface area contributed by atoms with Crippen molar-refractivity contribution in [3.63, 3.8) is 0 Å². The predicted molar refractivity (Wildman–Crippen MR) is 128 cm³/mol. The van der Waals surface area contributed by atoms with Gasteiger partial charge in [0.25, 0.3) is 5.91 Å². The number of Topliss-reactive ketones (excluding diaryl/α,β-unsaturated/α-hetero) is 1. The van der Waals surface area contributed by atoms with Gasteiger partial charge in [0.05, 0.1) is 11.6 Å². The molecule has 0 unspecified atom stereocenters. The topological polar surface area (TPSA) is 58.2 Å². The number of rotatable bonds is 4. The van der Waals surface area contributed by atoms with E-state index >= 15 is 0 Å². The molecule has 2 aromatic carbocycles. The van der Waals surface area contributed by atoms with Crippen LogP contribution in [-0.2, 0) is 9.59 Å². The van der Waals surface area contributed by atoms with E-state index in [1.54, 1.807) is 12.1 Å². The largest absolute Gasteiger partial charge is 0.362 e. The molecule has 0 bridgehead atoms. The van der Waals surface area contributed by atoms with Crippen molar-refractivity contribution in [2.45, 2.75) is 31.6 Å². The number of amides is 1. The first kappa shape index (κ1) is 21.3. The van der Waals surface area contributed by atoms with E-state index in [4.69, 9.17) is 0 Å². The van der Waals surface area contributed by atoms with E-state index in [0.29, 0.717) is 29.7 Å². The number of allylic oxidation sites excluding steroid dienone is 3. The molecule has 0 saturated carbocycles. The van der Waals surface area contributed by atoms with Gasteiger partial charge in [0.1, 0.15) is 5.82 Å². The lowest BCUT2D eigenvalue weighted by Crippen LogP contribution is -2.36. The van der Waals surface area contributed by atoms with E-state index in [1.165, 1.54) is 23.5 Å². The highest BCUT2D eigenvalue weighted by Gasteiger charge is 2.41. The standard InChI is InChI=1S/C27H23FN2O2S/c1-16-24(27(32)30-20-11-6-5-10-19(20)28)26(23-12-7-13-33-23)25-21(29-16)14-18(15-22(25)31)17-8-3-2-4-9-17/h2-13,18,26,29H,14-15H2,1H3,(H,30,32)/t18-,26-/m0/s1.